The number of halogens is 2. The van der Waals surface area contributed by atoms with Crippen LogP contribution in [0, 0.1) is 5.82 Å². The Hall–Kier alpha value is -3.18. The summed E-state index contributed by atoms with van der Waals surface area (Å²) in [6.45, 7) is 0.433. The molecule has 6 rings (SSSR count). The molecule has 0 radical (unpaired) electrons. The number of anilines is 1. The number of ether oxygens (including phenoxy) is 1. The van der Waals surface area contributed by atoms with Gasteiger partial charge < -0.3 is 20.1 Å². The predicted molar refractivity (Wildman–Crippen MR) is 143 cm³/mol. The summed E-state index contributed by atoms with van der Waals surface area (Å²) in [5, 5.41) is 17.6. The van der Waals surface area contributed by atoms with Gasteiger partial charge in [0.05, 0.1) is 11.4 Å². The van der Waals surface area contributed by atoms with Gasteiger partial charge in [0.15, 0.2) is 11.8 Å². The maximum Gasteiger partial charge on any atom is 0.250 e. The molecule has 188 valence electrons. The highest BCUT2D eigenvalue weighted by atomic mass is 79.9. The first-order chi connectivity index (χ1) is 17.9. The highest BCUT2D eigenvalue weighted by molar-refractivity contribution is 9.10. The monoisotopic (exact) mass is 580 g/mol. The van der Waals surface area contributed by atoms with Gasteiger partial charge in [-0.3, -0.25) is 4.79 Å². The molecule has 7 nitrogen and oxygen atoms in total. The Morgan fingerprint density at radius 3 is 2.70 bits per heavy atom. The molecule has 2 aliphatic heterocycles. The first-order valence-electron chi connectivity index (χ1n) is 11.7. The Morgan fingerprint density at radius 1 is 1.14 bits per heavy atom. The second-order valence-corrected chi connectivity index (χ2v) is 10.8. The van der Waals surface area contributed by atoms with Gasteiger partial charge >= 0.3 is 0 Å². The van der Waals surface area contributed by atoms with E-state index in [2.05, 4.69) is 21.2 Å². The molecule has 3 heterocycles. The molecule has 1 fully saturated rings. The number of aliphatic hydroxyl groups is 1. The highest BCUT2D eigenvalue weighted by Crippen LogP contribution is 2.39. The molecule has 37 heavy (non-hydrogen) atoms. The van der Waals surface area contributed by atoms with E-state index in [1.807, 2.05) is 48.7 Å². The minimum Gasteiger partial charge on any atom is -0.364 e. The van der Waals surface area contributed by atoms with E-state index < -0.39 is 11.8 Å². The van der Waals surface area contributed by atoms with E-state index >= 15 is 0 Å². The van der Waals surface area contributed by atoms with Gasteiger partial charge in [0.2, 0.25) is 0 Å². The van der Waals surface area contributed by atoms with E-state index in [-0.39, 0.29) is 18.3 Å². The molecule has 3 aromatic carbocycles. The number of hydrogen-bond donors (Lipinski definition) is 2. The first kappa shape index (κ1) is 24.2. The molecule has 4 aromatic rings. The van der Waals surface area contributed by atoms with Crippen LogP contribution in [0.1, 0.15) is 17.4 Å². The lowest BCUT2D eigenvalue weighted by Gasteiger charge is -2.23. The van der Waals surface area contributed by atoms with Gasteiger partial charge in [-0.25, -0.2) is 9.07 Å². The summed E-state index contributed by atoms with van der Waals surface area (Å²) in [6, 6.07) is 19.9. The van der Waals surface area contributed by atoms with Crippen molar-refractivity contribution in [2.75, 3.05) is 18.5 Å². The second-order valence-electron chi connectivity index (χ2n) is 8.81. The summed E-state index contributed by atoms with van der Waals surface area (Å²) in [6.07, 6.45) is 1.88. The molecule has 0 spiro atoms. The summed E-state index contributed by atoms with van der Waals surface area (Å²) in [4.78, 5) is 15.6. The van der Waals surface area contributed by atoms with Crippen molar-refractivity contribution >= 4 is 39.3 Å². The van der Waals surface area contributed by atoms with Gasteiger partial charge in [-0.05, 0) is 72.6 Å². The van der Waals surface area contributed by atoms with E-state index in [9.17, 15) is 14.3 Å². The zero-order valence-corrected chi connectivity index (χ0v) is 21.9. The van der Waals surface area contributed by atoms with Crippen LogP contribution in [-0.4, -0.2) is 44.4 Å². The molecule has 2 unspecified atom stereocenters. The number of benzene rings is 3. The van der Waals surface area contributed by atoms with Crippen molar-refractivity contribution in [3.05, 3.63) is 94.3 Å². The van der Waals surface area contributed by atoms with E-state index in [4.69, 9.17) is 9.84 Å². The number of hydrogen-bond acceptors (Lipinski definition) is 6. The summed E-state index contributed by atoms with van der Waals surface area (Å²) in [5.41, 5.74) is 4.26. The SMILES string of the molecule is O=C1COC(c2cn(-c3ccc(Br)cc3)nc2-c2ccc(F)cc2)N1CCc1ccc2c(c1)SC(O)N2. The van der Waals surface area contributed by atoms with E-state index in [1.165, 1.54) is 23.9 Å². The maximum atomic E-state index is 13.7. The quantitative estimate of drug-likeness (QED) is 0.321. The number of aliphatic hydroxyl groups excluding tert-OH is 1. The molecular weight excluding hydrogens is 559 g/mol. The van der Waals surface area contributed by atoms with Gasteiger partial charge in [0.1, 0.15) is 18.1 Å². The van der Waals surface area contributed by atoms with Crippen molar-refractivity contribution < 1.29 is 19.0 Å². The normalized spacial score (nSPS) is 18.8. The third kappa shape index (κ3) is 4.89. The van der Waals surface area contributed by atoms with Crippen LogP contribution in [0.2, 0.25) is 0 Å². The van der Waals surface area contributed by atoms with E-state index in [0.717, 1.165) is 37.4 Å². The maximum absolute atomic E-state index is 13.7. The lowest BCUT2D eigenvalue weighted by atomic mass is 10.1. The fraction of sp³-hybridized carbons (Fsp3) is 0.185. The number of nitrogens with zero attached hydrogens (tertiary/aromatic N) is 3. The van der Waals surface area contributed by atoms with Crippen LogP contribution in [0.3, 0.4) is 0 Å². The molecule has 2 aliphatic rings. The van der Waals surface area contributed by atoms with Crippen molar-refractivity contribution in [3.8, 4) is 16.9 Å². The number of aromatic nitrogens is 2. The second kappa shape index (κ2) is 9.94. The average molecular weight is 581 g/mol. The molecule has 1 aromatic heterocycles. The largest absolute Gasteiger partial charge is 0.364 e. The van der Waals surface area contributed by atoms with Crippen molar-refractivity contribution in [1.29, 1.82) is 0 Å². The summed E-state index contributed by atoms with van der Waals surface area (Å²) in [7, 11) is 0. The van der Waals surface area contributed by atoms with Gasteiger partial charge in [-0.15, -0.1) is 0 Å². The fourth-order valence-electron chi connectivity index (χ4n) is 4.55. The number of fused-ring (bicyclic) bond motifs is 1. The lowest BCUT2D eigenvalue weighted by Crippen LogP contribution is -2.30. The van der Waals surface area contributed by atoms with Crippen LogP contribution in [0.5, 0.6) is 0 Å². The molecule has 0 bridgehead atoms. The number of carbonyl (C=O) groups excluding carboxylic acids is 1. The van der Waals surface area contributed by atoms with Crippen LogP contribution < -0.4 is 5.32 Å². The first-order valence-corrected chi connectivity index (χ1v) is 13.4. The van der Waals surface area contributed by atoms with Crippen LogP contribution >= 0.6 is 27.7 Å². The summed E-state index contributed by atoms with van der Waals surface area (Å²) in [5.74, 6) is -0.430. The van der Waals surface area contributed by atoms with Crippen LogP contribution in [0.25, 0.3) is 16.9 Å². The smallest absolute Gasteiger partial charge is 0.250 e. The van der Waals surface area contributed by atoms with E-state index in [0.29, 0.717) is 18.7 Å². The average Bonchev–Trinajstić information content (AvgIpc) is 3.59. The molecule has 2 atom stereocenters. The fourth-order valence-corrected chi connectivity index (χ4v) is 5.72. The topological polar surface area (TPSA) is 79.6 Å². The standard InChI is InChI=1S/C27H22BrFN4O3S/c28-18-4-8-20(9-5-18)33-14-21(25(31-33)17-2-6-19(29)7-3-17)26-32(24(34)15-36-26)12-11-16-1-10-22-23(13-16)37-27(35)30-22/h1-10,13-14,26-27,30,35H,11-12,15H2. The van der Waals surface area contributed by atoms with Gasteiger partial charge in [-0.1, -0.05) is 33.8 Å². The van der Waals surface area contributed by atoms with Crippen molar-refractivity contribution in [3.63, 3.8) is 0 Å². The van der Waals surface area contributed by atoms with Crippen LogP contribution in [-0.2, 0) is 16.0 Å². The number of nitrogens with one attached hydrogen (secondary N) is 1. The zero-order chi connectivity index (χ0) is 25.5. The Bertz CT molecular complexity index is 1460. The van der Waals surface area contributed by atoms with Crippen LogP contribution in [0.4, 0.5) is 10.1 Å². The van der Waals surface area contributed by atoms with Gasteiger partial charge in [0, 0.05) is 33.2 Å². The van der Waals surface area contributed by atoms with Crippen molar-refractivity contribution in [2.24, 2.45) is 0 Å². The van der Waals surface area contributed by atoms with Gasteiger partial charge in [0.25, 0.3) is 5.91 Å². The highest BCUT2D eigenvalue weighted by Gasteiger charge is 2.36. The predicted octanol–water partition coefficient (Wildman–Crippen LogP) is 5.33. The number of rotatable bonds is 6. The molecule has 1 amide bonds. The third-order valence-electron chi connectivity index (χ3n) is 6.39. The molecule has 0 aliphatic carbocycles. The molecule has 10 heteroatoms. The Kier molecular flexibility index (Phi) is 6.49. The number of amides is 1. The Morgan fingerprint density at radius 2 is 1.92 bits per heavy atom. The zero-order valence-electron chi connectivity index (χ0n) is 19.5. The van der Waals surface area contributed by atoms with Crippen molar-refractivity contribution in [2.45, 2.75) is 23.1 Å². The molecule has 2 N–H and O–H groups in total. The minimum atomic E-state index is -0.643. The lowest BCUT2D eigenvalue weighted by molar-refractivity contribution is -0.128. The van der Waals surface area contributed by atoms with Crippen molar-refractivity contribution in [1.82, 2.24) is 14.7 Å². The van der Waals surface area contributed by atoms with E-state index in [1.54, 1.807) is 21.7 Å². The van der Waals surface area contributed by atoms with Crippen LogP contribution in [0.15, 0.2) is 82.3 Å². The third-order valence-corrected chi connectivity index (χ3v) is 7.85. The number of carbonyl (C=O) groups is 1. The minimum absolute atomic E-state index is 0.0207. The van der Waals surface area contributed by atoms with Gasteiger partial charge in [-0.2, -0.15) is 5.10 Å². The Labute approximate surface area is 225 Å². The molecule has 0 saturated carbocycles. The summed E-state index contributed by atoms with van der Waals surface area (Å²) < 4.78 is 22.4. The summed E-state index contributed by atoms with van der Waals surface area (Å²) >= 11 is 4.82. The molecule has 1 saturated heterocycles. The Balaban J connectivity index is 1.32. The number of thioether (sulfide) groups is 1. The molecular formula is C27H22BrFN4O3S.